The molecular weight excluding hydrogens is 373 g/mol. The first-order chi connectivity index (χ1) is 9.65. The normalized spacial score (nSPS) is 15.8. The fourth-order valence-electron chi connectivity index (χ4n) is 1.99. The van der Waals surface area contributed by atoms with Gasteiger partial charge in [-0.15, -0.1) is 0 Å². The topological polar surface area (TPSA) is 97.0 Å². The molecule has 1 N–H and O–H groups in total. The van der Waals surface area contributed by atoms with Gasteiger partial charge in [0.1, 0.15) is 10.6 Å². The molecule has 0 aromatic carbocycles. The molecule has 1 saturated heterocycles. The number of ether oxygens (including phenoxy) is 1. The average molecular weight is 385 g/mol. The van der Waals surface area contributed by atoms with Crippen molar-refractivity contribution in [1.82, 2.24) is 19.5 Å². The first-order valence-corrected chi connectivity index (χ1v) is 6.88. The quantitative estimate of drug-likeness (QED) is 0.774. The number of fused-ring (bicyclic) bond motifs is 1. The van der Waals surface area contributed by atoms with Crippen molar-refractivity contribution < 1.29 is 47.3 Å². The molecule has 0 atom stereocenters. The van der Waals surface area contributed by atoms with Crippen molar-refractivity contribution in [2.24, 2.45) is 0 Å². The van der Waals surface area contributed by atoms with Crippen LogP contribution in [0.25, 0.3) is 4.96 Å². The third-order valence-corrected chi connectivity index (χ3v) is 3.93. The van der Waals surface area contributed by atoms with E-state index in [9.17, 15) is 9.59 Å². The summed E-state index contributed by atoms with van der Waals surface area (Å²) >= 11 is 1.29. The van der Waals surface area contributed by atoms with Crippen molar-refractivity contribution >= 4 is 22.3 Å². The van der Waals surface area contributed by atoms with Crippen LogP contribution < -0.4 is 5.56 Å². The maximum Gasteiger partial charge on any atom is 0.343 e. The number of hydrogen-bond donors (Lipinski definition) is 1. The number of aromatic nitrogens is 3. The molecule has 0 saturated carbocycles. The summed E-state index contributed by atoms with van der Waals surface area (Å²) in [5.74, 6) is -1.29. The molecule has 109 valence electrons. The van der Waals surface area contributed by atoms with E-state index in [1.165, 1.54) is 11.3 Å². The van der Waals surface area contributed by atoms with E-state index in [1.54, 1.807) is 0 Å². The predicted molar refractivity (Wildman–Crippen MR) is 70.2 cm³/mol. The zero-order valence-electron chi connectivity index (χ0n) is 11.1. The maximum absolute atomic E-state index is 11.9. The summed E-state index contributed by atoms with van der Waals surface area (Å²) in [4.78, 5) is 29.4. The van der Waals surface area contributed by atoms with Crippen LogP contribution in [0.1, 0.15) is 15.4 Å². The first kappa shape index (κ1) is 16.6. The van der Waals surface area contributed by atoms with Crippen molar-refractivity contribution in [3.05, 3.63) is 27.1 Å². The fraction of sp³-hybridized carbons (Fsp3) is 0.455. The van der Waals surface area contributed by atoms with Gasteiger partial charge in [-0.1, -0.05) is 11.3 Å². The summed E-state index contributed by atoms with van der Waals surface area (Å²) in [6, 6.07) is 0. The number of hydrogen-bond acceptors (Lipinski definition) is 7. The molecule has 2 aromatic heterocycles. The number of nitrogens with zero attached hydrogens (tertiary/aromatic N) is 4. The number of carboxylic acid groups (broad SMARTS) is 1. The molecule has 0 bridgehead atoms. The van der Waals surface area contributed by atoms with Gasteiger partial charge >= 0.3 is 5.97 Å². The molecule has 1 fully saturated rings. The summed E-state index contributed by atoms with van der Waals surface area (Å²) in [6.07, 6.45) is 1.08. The van der Waals surface area contributed by atoms with Crippen LogP contribution in [0.4, 0.5) is 0 Å². The van der Waals surface area contributed by atoms with Crippen LogP contribution in [0.3, 0.4) is 0 Å². The van der Waals surface area contributed by atoms with Gasteiger partial charge in [-0.2, -0.15) is 9.61 Å². The Hall–Kier alpha value is -0.736. The van der Waals surface area contributed by atoms with Crippen molar-refractivity contribution in [1.29, 1.82) is 0 Å². The standard InChI is InChI=1S/C11H12N4O4S.Y/c16-9-7(10(17)18)5-12-11-15(9)13-8(20-11)6-14-1-3-19-4-2-14;/h5H,1-4,6H2,(H,17,18);. The van der Waals surface area contributed by atoms with E-state index in [0.717, 1.165) is 28.8 Å². The molecule has 8 nitrogen and oxygen atoms in total. The summed E-state index contributed by atoms with van der Waals surface area (Å²) in [7, 11) is 0. The fourth-order valence-corrected chi connectivity index (χ4v) is 2.88. The predicted octanol–water partition coefficient (Wildman–Crippen LogP) is -0.321. The first-order valence-electron chi connectivity index (χ1n) is 6.06. The summed E-state index contributed by atoms with van der Waals surface area (Å²) < 4.78 is 6.33. The molecule has 0 unspecified atom stereocenters. The number of carbonyl (C=O) groups is 1. The molecule has 10 heteroatoms. The largest absolute Gasteiger partial charge is 0.477 e. The monoisotopic (exact) mass is 385 g/mol. The second-order valence-electron chi connectivity index (χ2n) is 4.36. The van der Waals surface area contributed by atoms with E-state index in [2.05, 4.69) is 15.0 Å². The molecular formula is C11H12N4O4SY. The molecule has 3 rings (SSSR count). The summed E-state index contributed by atoms with van der Waals surface area (Å²) in [5, 5.41) is 13.8. The maximum atomic E-state index is 11.9. The zero-order valence-corrected chi connectivity index (χ0v) is 14.7. The van der Waals surface area contributed by atoms with Crippen LogP contribution in [-0.2, 0) is 44.0 Å². The van der Waals surface area contributed by atoms with E-state index in [1.807, 2.05) is 0 Å². The Morgan fingerprint density at radius 3 is 2.81 bits per heavy atom. The number of aromatic carboxylic acids is 1. The van der Waals surface area contributed by atoms with Gasteiger partial charge in [0, 0.05) is 45.8 Å². The zero-order chi connectivity index (χ0) is 14.1. The summed E-state index contributed by atoms with van der Waals surface area (Å²) in [5.41, 5.74) is -1.02. The van der Waals surface area contributed by atoms with Gasteiger partial charge < -0.3 is 9.84 Å². The van der Waals surface area contributed by atoms with Crippen molar-refractivity contribution in [2.45, 2.75) is 6.54 Å². The second kappa shape index (κ2) is 7.02. The molecule has 0 spiro atoms. The van der Waals surface area contributed by atoms with Gasteiger partial charge in [-0.05, 0) is 0 Å². The molecule has 1 radical (unpaired) electrons. The Balaban J connectivity index is 0.00000161. The SMILES string of the molecule is O=C(O)c1cnc2sc(CN3CCOCC3)nn2c1=O.[Y]. The molecule has 3 heterocycles. The molecule has 21 heavy (non-hydrogen) atoms. The van der Waals surface area contributed by atoms with Crippen molar-refractivity contribution in [2.75, 3.05) is 26.3 Å². The van der Waals surface area contributed by atoms with E-state index >= 15 is 0 Å². The van der Waals surface area contributed by atoms with E-state index < -0.39 is 11.5 Å². The van der Waals surface area contributed by atoms with Crippen LogP contribution in [0.5, 0.6) is 0 Å². The van der Waals surface area contributed by atoms with Crippen LogP contribution in [0.15, 0.2) is 11.0 Å². The minimum absolute atomic E-state index is 0. The molecule has 2 aromatic rings. The molecule has 1 aliphatic heterocycles. The van der Waals surface area contributed by atoms with Crippen LogP contribution >= 0.6 is 11.3 Å². The van der Waals surface area contributed by atoms with Gasteiger partial charge in [0.15, 0.2) is 0 Å². The van der Waals surface area contributed by atoms with Crippen LogP contribution in [0, 0.1) is 0 Å². The number of carboxylic acids is 1. The van der Waals surface area contributed by atoms with E-state index in [0.29, 0.717) is 24.7 Å². The Labute approximate surface area is 148 Å². The van der Waals surface area contributed by atoms with Gasteiger partial charge in [-0.3, -0.25) is 9.69 Å². The molecule has 1 aliphatic rings. The molecule has 0 amide bonds. The number of morpholine rings is 1. The smallest absolute Gasteiger partial charge is 0.343 e. The van der Waals surface area contributed by atoms with Gasteiger partial charge in [-0.25, -0.2) is 9.78 Å². The van der Waals surface area contributed by atoms with E-state index in [-0.39, 0.29) is 38.3 Å². The molecule has 0 aliphatic carbocycles. The van der Waals surface area contributed by atoms with Crippen molar-refractivity contribution in [3.63, 3.8) is 0 Å². The third kappa shape index (κ3) is 3.54. The van der Waals surface area contributed by atoms with Gasteiger partial charge in [0.05, 0.1) is 26.0 Å². The Morgan fingerprint density at radius 2 is 2.14 bits per heavy atom. The van der Waals surface area contributed by atoms with Crippen LogP contribution in [-0.4, -0.2) is 56.9 Å². The Bertz CT molecular complexity index is 710. The second-order valence-corrected chi connectivity index (χ2v) is 5.40. The van der Waals surface area contributed by atoms with Crippen molar-refractivity contribution in [3.8, 4) is 0 Å². The third-order valence-electron chi connectivity index (χ3n) is 3.02. The number of rotatable bonds is 3. The summed E-state index contributed by atoms with van der Waals surface area (Å²) in [6.45, 7) is 3.62. The van der Waals surface area contributed by atoms with Crippen LogP contribution in [0.2, 0.25) is 0 Å². The average Bonchev–Trinajstić information content (AvgIpc) is 2.83. The minimum Gasteiger partial charge on any atom is -0.477 e. The Kier molecular flexibility index (Phi) is 5.56. The van der Waals surface area contributed by atoms with Gasteiger partial charge in [0.2, 0.25) is 4.96 Å². The van der Waals surface area contributed by atoms with E-state index in [4.69, 9.17) is 9.84 Å². The van der Waals surface area contributed by atoms with Gasteiger partial charge in [0.25, 0.3) is 5.56 Å². The minimum atomic E-state index is -1.29. The Morgan fingerprint density at radius 1 is 1.43 bits per heavy atom.